The molecule has 0 atom stereocenters. The van der Waals surface area contributed by atoms with Gasteiger partial charge in [0.1, 0.15) is 11.3 Å². The zero-order valence-corrected chi connectivity index (χ0v) is 12.2. The van der Waals surface area contributed by atoms with E-state index >= 15 is 0 Å². The zero-order valence-electron chi connectivity index (χ0n) is 12.2. The fourth-order valence-corrected chi connectivity index (χ4v) is 2.22. The van der Waals surface area contributed by atoms with Crippen LogP contribution in [0.1, 0.15) is 11.1 Å². The van der Waals surface area contributed by atoms with Crippen LogP contribution < -0.4 is 10.1 Å². The van der Waals surface area contributed by atoms with Crippen LogP contribution in [0, 0.1) is 6.92 Å². The highest BCUT2D eigenvalue weighted by molar-refractivity contribution is 5.75. The Morgan fingerprint density at radius 2 is 1.95 bits per heavy atom. The molecule has 3 rings (SSSR count). The summed E-state index contributed by atoms with van der Waals surface area (Å²) in [6.07, 6.45) is 0.905. The normalized spacial score (nSPS) is 10.8. The van der Waals surface area contributed by atoms with Gasteiger partial charge in [-0.1, -0.05) is 18.2 Å². The van der Waals surface area contributed by atoms with Crippen LogP contribution >= 0.6 is 0 Å². The predicted molar refractivity (Wildman–Crippen MR) is 83.9 cm³/mol. The molecule has 4 nitrogen and oxygen atoms in total. The van der Waals surface area contributed by atoms with Gasteiger partial charge in [-0.05, 0) is 48.7 Å². The van der Waals surface area contributed by atoms with E-state index in [9.17, 15) is 0 Å². The van der Waals surface area contributed by atoms with Gasteiger partial charge in [-0.3, -0.25) is 0 Å². The SMILES string of the molecule is COc1ccc(CCNc2nc3cc(C)ccc3o2)cc1. The van der Waals surface area contributed by atoms with Crippen molar-refractivity contribution in [2.45, 2.75) is 13.3 Å². The monoisotopic (exact) mass is 282 g/mol. The molecule has 2 aromatic carbocycles. The van der Waals surface area contributed by atoms with Crippen molar-refractivity contribution in [3.63, 3.8) is 0 Å². The lowest BCUT2D eigenvalue weighted by Gasteiger charge is -2.04. The fourth-order valence-electron chi connectivity index (χ4n) is 2.22. The average molecular weight is 282 g/mol. The summed E-state index contributed by atoms with van der Waals surface area (Å²) >= 11 is 0. The summed E-state index contributed by atoms with van der Waals surface area (Å²) in [4.78, 5) is 4.43. The maximum absolute atomic E-state index is 5.66. The number of anilines is 1. The number of nitrogens with zero attached hydrogens (tertiary/aromatic N) is 1. The molecular weight excluding hydrogens is 264 g/mol. The van der Waals surface area contributed by atoms with Gasteiger partial charge >= 0.3 is 0 Å². The van der Waals surface area contributed by atoms with Crippen molar-refractivity contribution >= 4 is 17.1 Å². The Kier molecular flexibility index (Phi) is 3.77. The molecule has 0 bridgehead atoms. The second kappa shape index (κ2) is 5.87. The number of ether oxygens (including phenoxy) is 1. The lowest BCUT2D eigenvalue weighted by Crippen LogP contribution is -2.04. The summed E-state index contributed by atoms with van der Waals surface area (Å²) in [5.74, 6) is 0.876. The minimum Gasteiger partial charge on any atom is -0.497 e. The summed E-state index contributed by atoms with van der Waals surface area (Å²) < 4.78 is 10.8. The molecule has 3 aromatic rings. The maximum Gasteiger partial charge on any atom is 0.295 e. The minimum absolute atomic E-state index is 0.573. The smallest absolute Gasteiger partial charge is 0.295 e. The van der Waals surface area contributed by atoms with E-state index in [4.69, 9.17) is 9.15 Å². The number of aryl methyl sites for hydroxylation is 1. The fraction of sp³-hybridized carbons (Fsp3) is 0.235. The van der Waals surface area contributed by atoms with Crippen molar-refractivity contribution in [3.8, 4) is 5.75 Å². The van der Waals surface area contributed by atoms with Crippen LogP contribution in [0.3, 0.4) is 0 Å². The van der Waals surface area contributed by atoms with E-state index in [2.05, 4.69) is 22.4 Å². The molecule has 0 saturated carbocycles. The number of methoxy groups -OCH3 is 1. The molecule has 1 N–H and O–H groups in total. The Morgan fingerprint density at radius 1 is 1.14 bits per heavy atom. The van der Waals surface area contributed by atoms with Crippen molar-refractivity contribution in [1.29, 1.82) is 0 Å². The van der Waals surface area contributed by atoms with E-state index in [1.54, 1.807) is 7.11 Å². The first-order valence-corrected chi connectivity index (χ1v) is 6.98. The van der Waals surface area contributed by atoms with E-state index in [0.29, 0.717) is 6.01 Å². The Balaban J connectivity index is 1.60. The van der Waals surface area contributed by atoms with Gasteiger partial charge in [0, 0.05) is 6.54 Å². The van der Waals surface area contributed by atoms with Crippen LogP contribution in [-0.2, 0) is 6.42 Å². The molecule has 108 valence electrons. The largest absolute Gasteiger partial charge is 0.497 e. The van der Waals surface area contributed by atoms with Crippen LogP contribution in [0.25, 0.3) is 11.1 Å². The number of hydrogen-bond acceptors (Lipinski definition) is 4. The molecule has 4 heteroatoms. The van der Waals surface area contributed by atoms with E-state index in [-0.39, 0.29) is 0 Å². The Labute approximate surface area is 123 Å². The Bertz CT molecular complexity index is 732. The highest BCUT2D eigenvalue weighted by Crippen LogP contribution is 2.20. The van der Waals surface area contributed by atoms with E-state index < -0.39 is 0 Å². The first kappa shape index (κ1) is 13.5. The van der Waals surface area contributed by atoms with Crippen LogP contribution in [0.5, 0.6) is 5.75 Å². The summed E-state index contributed by atoms with van der Waals surface area (Å²) in [6, 6.07) is 14.6. The van der Waals surface area contributed by atoms with Crippen LogP contribution in [0.4, 0.5) is 6.01 Å². The van der Waals surface area contributed by atoms with E-state index in [1.165, 1.54) is 11.1 Å². The summed E-state index contributed by atoms with van der Waals surface area (Å²) in [7, 11) is 1.67. The van der Waals surface area contributed by atoms with Gasteiger partial charge in [-0.25, -0.2) is 0 Å². The van der Waals surface area contributed by atoms with Gasteiger partial charge in [0.15, 0.2) is 5.58 Å². The first-order valence-electron chi connectivity index (χ1n) is 6.98. The quantitative estimate of drug-likeness (QED) is 0.773. The Hall–Kier alpha value is -2.49. The molecule has 0 aliphatic heterocycles. The van der Waals surface area contributed by atoms with Gasteiger partial charge in [-0.15, -0.1) is 0 Å². The average Bonchev–Trinajstić information content (AvgIpc) is 2.89. The number of benzene rings is 2. The van der Waals surface area contributed by atoms with Gasteiger partial charge in [-0.2, -0.15) is 4.98 Å². The van der Waals surface area contributed by atoms with Crippen molar-refractivity contribution in [2.24, 2.45) is 0 Å². The van der Waals surface area contributed by atoms with E-state index in [1.807, 2.05) is 37.3 Å². The lowest BCUT2D eigenvalue weighted by atomic mass is 10.1. The van der Waals surface area contributed by atoms with Gasteiger partial charge in [0.05, 0.1) is 7.11 Å². The second-order valence-electron chi connectivity index (χ2n) is 5.02. The topological polar surface area (TPSA) is 47.3 Å². The van der Waals surface area contributed by atoms with Crippen LogP contribution in [0.15, 0.2) is 46.9 Å². The maximum atomic E-state index is 5.66. The lowest BCUT2D eigenvalue weighted by molar-refractivity contribution is 0.414. The molecule has 0 aliphatic carbocycles. The number of oxazole rings is 1. The van der Waals surface area contributed by atoms with Crippen molar-refractivity contribution in [3.05, 3.63) is 53.6 Å². The molecule has 0 unspecified atom stereocenters. The first-order chi connectivity index (χ1) is 10.2. The summed E-state index contributed by atoms with van der Waals surface area (Å²) in [6.45, 7) is 2.82. The van der Waals surface area contributed by atoms with Gasteiger partial charge in [0.25, 0.3) is 6.01 Å². The number of rotatable bonds is 5. The molecule has 0 radical (unpaired) electrons. The number of aromatic nitrogens is 1. The third kappa shape index (κ3) is 3.16. The molecule has 0 fully saturated rings. The van der Waals surface area contributed by atoms with Crippen molar-refractivity contribution in [2.75, 3.05) is 19.0 Å². The van der Waals surface area contributed by atoms with E-state index in [0.717, 1.165) is 29.8 Å². The van der Waals surface area contributed by atoms with Crippen LogP contribution in [-0.4, -0.2) is 18.6 Å². The Morgan fingerprint density at radius 3 is 2.71 bits per heavy atom. The molecule has 1 heterocycles. The number of hydrogen-bond donors (Lipinski definition) is 1. The second-order valence-corrected chi connectivity index (χ2v) is 5.02. The van der Waals surface area contributed by atoms with Crippen molar-refractivity contribution in [1.82, 2.24) is 4.98 Å². The molecule has 1 aromatic heterocycles. The molecule has 0 spiro atoms. The third-order valence-electron chi connectivity index (χ3n) is 3.39. The molecule has 21 heavy (non-hydrogen) atoms. The third-order valence-corrected chi connectivity index (χ3v) is 3.39. The van der Waals surface area contributed by atoms with Crippen LogP contribution in [0.2, 0.25) is 0 Å². The molecule has 0 saturated heterocycles. The van der Waals surface area contributed by atoms with Crippen molar-refractivity contribution < 1.29 is 9.15 Å². The minimum atomic E-state index is 0.573. The highest BCUT2D eigenvalue weighted by Gasteiger charge is 2.05. The molecule has 0 amide bonds. The molecular formula is C17H18N2O2. The number of fused-ring (bicyclic) bond motifs is 1. The number of nitrogens with one attached hydrogen (secondary N) is 1. The van der Waals surface area contributed by atoms with Gasteiger partial charge in [0.2, 0.25) is 0 Å². The van der Waals surface area contributed by atoms with Gasteiger partial charge < -0.3 is 14.5 Å². The summed E-state index contributed by atoms with van der Waals surface area (Å²) in [5, 5.41) is 3.22. The highest BCUT2D eigenvalue weighted by atomic mass is 16.5. The molecule has 0 aliphatic rings. The predicted octanol–water partition coefficient (Wildman–Crippen LogP) is 3.80. The summed E-state index contributed by atoms with van der Waals surface area (Å²) in [5.41, 5.74) is 4.13. The standard InChI is InChI=1S/C17H18N2O2/c1-12-3-8-16-15(11-12)19-17(21-16)18-10-9-13-4-6-14(20-2)7-5-13/h3-8,11H,9-10H2,1-2H3,(H,18,19). The zero-order chi connectivity index (χ0) is 14.7.